The molecule has 0 atom stereocenters. The molecule has 2 saturated heterocycles. The summed E-state index contributed by atoms with van der Waals surface area (Å²) in [5, 5.41) is 6.39. The second-order valence-electron chi connectivity index (χ2n) is 7.71. The molecule has 0 radical (unpaired) electrons. The van der Waals surface area contributed by atoms with Gasteiger partial charge in [-0.05, 0) is 53.1 Å². The number of alkyl carbamates (subject to hydrolysis) is 1. The second kappa shape index (κ2) is 8.85. The van der Waals surface area contributed by atoms with Gasteiger partial charge in [-0.2, -0.15) is 0 Å². The molecule has 2 fully saturated rings. The largest absolute Gasteiger partial charge is 0.444 e. The van der Waals surface area contributed by atoms with Gasteiger partial charge < -0.3 is 25.2 Å². The molecule has 23 heavy (non-hydrogen) atoms. The van der Waals surface area contributed by atoms with Crippen molar-refractivity contribution in [1.29, 1.82) is 0 Å². The number of hydrogen-bond donors (Lipinski definition) is 2. The number of hydrogen-bond acceptors (Lipinski definition) is 5. The third-order valence-electron chi connectivity index (χ3n) is 4.47. The van der Waals surface area contributed by atoms with Gasteiger partial charge in [0.25, 0.3) is 0 Å². The number of likely N-dealkylation sites (tertiary alicyclic amines) is 1. The van der Waals surface area contributed by atoms with Gasteiger partial charge in [0.2, 0.25) is 0 Å². The maximum Gasteiger partial charge on any atom is 0.407 e. The molecule has 0 unspecified atom stereocenters. The fourth-order valence-corrected chi connectivity index (χ4v) is 3.23. The van der Waals surface area contributed by atoms with E-state index in [9.17, 15) is 4.79 Å². The molecule has 2 N–H and O–H groups in total. The van der Waals surface area contributed by atoms with Crippen LogP contribution in [0.1, 0.15) is 40.0 Å². The third-order valence-corrected chi connectivity index (χ3v) is 4.47. The fourth-order valence-electron chi connectivity index (χ4n) is 3.23. The van der Waals surface area contributed by atoms with Crippen molar-refractivity contribution in [2.75, 3.05) is 52.4 Å². The number of piperazine rings is 1. The Bertz CT molecular complexity index is 356. The van der Waals surface area contributed by atoms with E-state index in [-0.39, 0.29) is 12.1 Å². The third kappa shape index (κ3) is 7.50. The summed E-state index contributed by atoms with van der Waals surface area (Å²) in [6, 6.07) is 0.259. The summed E-state index contributed by atoms with van der Waals surface area (Å²) in [5.74, 6) is 0. The Balaban J connectivity index is 1.55. The molecule has 1 amide bonds. The Morgan fingerprint density at radius 3 is 2.22 bits per heavy atom. The van der Waals surface area contributed by atoms with E-state index >= 15 is 0 Å². The van der Waals surface area contributed by atoms with Crippen molar-refractivity contribution in [3.05, 3.63) is 0 Å². The summed E-state index contributed by atoms with van der Waals surface area (Å²) in [6.45, 7) is 14.8. The summed E-state index contributed by atoms with van der Waals surface area (Å²) >= 11 is 0. The number of nitrogens with zero attached hydrogens (tertiary/aromatic N) is 2. The summed E-state index contributed by atoms with van der Waals surface area (Å²) < 4.78 is 5.33. The van der Waals surface area contributed by atoms with Gasteiger partial charge >= 0.3 is 6.09 Å². The van der Waals surface area contributed by atoms with Crippen LogP contribution in [0.4, 0.5) is 4.79 Å². The molecule has 0 bridgehead atoms. The number of amides is 1. The van der Waals surface area contributed by atoms with Crippen LogP contribution in [0.3, 0.4) is 0 Å². The lowest BCUT2D eigenvalue weighted by Crippen LogP contribution is -2.47. The minimum Gasteiger partial charge on any atom is -0.444 e. The van der Waals surface area contributed by atoms with E-state index in [1.165, 1.54) is 32.6 Å². The first-order valence-electron chi connectivity index (χ1n) is 9.07. The first kappa shape index (κ1) is 18.5. The molecule has 6 nitrogen and oxygen atoms in total. The maximum absolute atomic E-state index is 11.8. The van der Waals surface area contributed by atoms with Crippen LogP contribution in [0, 0.1) is 0 Å². The molecule has 0 aromatic rings. The highest BCUT2D eigenvalue weighted by molar-refractivity contribution is 5.68. The quantitative estimate of drug-likeness (QED) is 0.797. The lowest BCUT2D eigenvalue weighted by molar-refractivity contribution is 0.0478. The van der Waals surface area contributed by atoms with Gasteiger partial charge in [0.05, 0.1) is 0 Å². The monoisotopic (exact) mass is 326 g/mol. The lowest BCUT2D eigenvalue weighted by atomic mass is 10.1. The van der Waals surface area contributed by atoms with Gasteiger partial charge in [-0.3, -0.25) is 0 Å². The number of carbonyl (C=O) groups is 1. The highest BCUT2D eigenvalue weighted by atomic mass is 16.6. The van der Waals surface area contributed by atoms with Crippen molar-refractivity contribution in [2.24, 2.45) is 0 Å². The molecule has 2 rings (SSSR count). The topological polar surface area (TPSA) is 56.8 Å². The highest BCUT2D eigenvalue weighted by Crippen LogP contribution is 2.13. The molecule has 0 aromatic carbocycles. The van der Waals surface area contributed by atoms with E-state index in [4.69, 9.17) is 4.74 Å². The van der Waals surface area contributed by atoms with Crippen molar-refractivity contribution in [2.45, 2.75) is 51.7 Å². The van der Waals surface area contributed by atoms with Crippen LogP contribution in [0.2, 0.25) is 0 Å². The average Bonchev–Trinajstić information content (AvgIpc) is 2.48. The first-order valence-corrected chi connectivity index (χ1v) is 9.07. The van der Waals surface area contributed by atoms with Crippen LogP contribution < -0.4 is 10.6 Å². The zero-order valence-electron chi connectivity index (χ0n) is 15.1. The number of carbonyl (C=O) groups excluding carboxylic acids is 1. The molecule has 2 aliphatic rings. The highest BCUT2D eigenvalue weighted by Gasteiger charge is 2.23. The van der Waals surface area contributed by atoms with Crippen LogP contribution in [-0.2, 0) is 4.74 Å². The molecule has 2 aliphatic heterocycles. The minimum atomic E-state index is -0.422. The number of piperidine rings is 1. The van der Waals surface area contributed by atoms with Gasteiger partial charge in [-0.15, -0.1) is 0 Å². The summed E-state index contributed by atoms with van der Waals surface area (Å²) in [6.07, 6.45) is 3.00. The smallest absolute Gasteiger partial charge is 0.407 e. The Morgan fingerprint density at radius 1 is 1.09 bits per heavy atom. The van der Waals surface area contributed by atoms with Gasteiger partial charge in [-0.1, -0.05) is 0 Å². The van der Waals surface area contributed by atoms with Gasteiger partial charge in [0.15, 0.2) is 0 Å². The number of ether oxygens (including phenoxy) is 1. The van der Waals surface area contributed by atoms with Crippen molar-refractivity contribution >= 4 is 6.09 Å². The zero-order chi connectivity index (χ0) is 16.7. The van der Waals surface area contributed by atoms with Gasteiger partial charge in [0.1, 0.15) is 5.60 Å². The standard InChI is InChI=1S/C17H34N4O2/c1-17(2,3)23-16(22)19-15-5-11-20(12-6-15)9-4-10-21-13-7-18-8-14-21/h15,18H,4-14H2,1-3H3,(H,19,22). The van der Waals surface area contributed by atoms with Crippen LogP contribution in [0.5, 0.6) is 0 Å². The molecule has 6 heteroatoms. The molecule has 0 aliphatic carbocycles. The van der Waals surface area contributed by atoms with Crippen LogP contribution >= 0.6 is 0 Å². The first-order chi connectivity index (χ1) is 10.9. The summed E-state index contributed by atoms with van der Waals surface area (Å²) in [5.41, 5.74) is -0.422. The number of nitrogens with one attached hydrogen (secondary N) is 2. The van der Waals surface area contributed by atoms with Crippen molar-refractivity contribution in [3.63, 3.8) is 0 Å². The van der Waals surface area contributed by atoms with E-state index in [1.54, 1.807) is 0 Å². The van der Waals surface area contributed by atoms with Crippen LogP contribution in [-0.4, -0.2) is 79.9 Å². The molecular formula is C17H34N4O2. The average molecular weight is 326 g/mol. The van der Waals surface area contributed by atoms with Gasteiger partial charge in [0, 0.05) is 45.3 Å². The van der Waals surface area contributed by atoms with E-state index in [0.717, 1.165) is 39.0 Å². The van der Waals surface area contributed by atoms with Crippen molar-refractivity contribution < 1.29 is 9.53 Å². The van der Waals surface area contributed by atoms with E-state index < -0.39 is 5.60 Å². The molecule has 0 saturated carbocycles. The van der Waals surface area contributed by atoms with Crippen LogP contribution in [0.25, 0.3) is 0 Å². The van der Waals surface area contributed by atoms with Crippen molar-refractivity contribution in [3.8, 4) is 0 Å². The molecule has 134 valence electrons. The molecular weight excluding hydrogens is 292 g/mol. The second-order valence-corrected chi connectivity index (χ2v) is 7.71. The van der Waals surface area contributed by atoms with E-state index in [1.807, 2.05) is 20.8 Å². The fraction of sp³-hybridized carbons (Fsp3) is 0.941. The Labute approximate surface area is 140 Å². The van der Waals surface area contributed by atoms with E-state index in [2.05, 4.69) is 20.4 Å². The predicted molar refractivity (Wildman–Crippen MR) is 92.8 cm³/mol. The molecule has 0 spiro atoms. The molecule has 2 heterocycles. The molecule has 0 aromatic heterocycles. The minimum absolute atomic E-state index is 0.259. The van der Waals surface area contributed by atoms with E-state index in [0.29, 0.717) is 0 Å². The maximum atomic E-state index is 11.8. The van der Waals surface area contributed by atoms with Gasteiger partial charge in [-0.25, -0.2) is 4.79 Å². The SMILES string of the molecule is CC(C)(C)OC(=O)NC1CCN(CCCN2CCNCC2)CC1. The normalized spacial score (nSPS) is 22.0. The Hall–Kier alpha value is -0.850. The Morgan fingerprint density at radius 2 is 1.65 bits per heavy atom. The zero-order valence-corrected chi connectivity index (χ0v) is 15.1. The number of rotatable bonds is 5. The van der Waals surface area contributed by atoms with Crippen LogP contribution in [0.15, 0.2) is 0 Å². The predicted octanol–water partition coefficient (Wildman–Crippen LogP) is 1.27. The Kier molecular flexibility index (Phi) is 7.11. The summed E-state index contributed by atoms with van der Waals surface area (Å²) in [4.78, 5) is 16.9. The lowest BCUT2D eigenvalue weighted by Gasteiger charge is -2.33. The van der Waals surface area contributed by atoms with Crippen molar-refractivity contribution in [1.82, 2.24) is 20.4 Å². The summed E-state index contributed by atoms with van der Waals surface area (Å²) in [7, 11) is 0.